The second-order valence-electron chi connectivity index (χ2n) is 7.29. The normalized spacial score (nSPS) is 40.4. The highest BCUT2D eigenvalue weighted by atomic mass is 16.5. The number of fused-ring (bicyclic) bond motifs is 1. The molecule has 1 nitrogen and oxygen atoms in total. The zero-order chi connectivity index (χ0) is 13.2. The van der Waals surface area contributed by atoms with E-state index >= 15 is 0 Å². The zero-order valence-electron chi connectivity index (χ0n) is 12.7. The Kier molecular flexibility index (Phi) is 4.21. The minimum Gasteiger partial charge on any atom is -0.375 e. The average molecular weight is 250 g/mol. The molecular formula is C17H30O. The molecule has 1 heteroatoms. The van der Waals surface area contributed by atoms with Gasteiger partial charge >= 0.3 is 0 Å². The summed E-state index contributed by atoms with van der Waals surface area (Å²) in [6.07, 6.45) is 11.3. The molecule has 0 radical (unpaired) electrons. The van der Waals surface area contributed by atoms with Crippen molar-refractivity contribution in [3.05, 3.63) is 11.6 Å². The van der Waals surface area contributed by atoms with Crippen LogP contribution in [0.3, 0.4) is 0 Å². The summed E-state index contributed by atoms with van der Waals surface area (Å²) in [7, 11) is 0. The van der Waals surface area contributed by atoms with Gasteiger partial charge in [0.1, 0.15) is 0 Å². The van der Waals surface area contributed by atoms with E-state index in [1.54, 1.807) is 5.57 Å². The van der Waals surface area contributed by atoms with Gasteiger partial charge in [-0.15, -0.1) is 0 Å². The van der Waals surface area contributed by atoms with Crippen LogP contribution in [0.2, 0.25) is 0 Å². The molecule has 0 aromatic heterocycles. The molecule has 0 aromatic carbocycles. The summed E-state index contributed by atoms with van der Waals surface area (Å²) < 4.78 is 6.35. The molecular weight excluding hydrogens is 220 g/mol. The predicted molar refractivity (Wildman–Crippen MR) is 77.7 cm³/mol. The maximum Gasteiger partial charge on any atom is 0.0687 e. The molecule has 0 spiro atoms. The molecule has 2 atom stereocenters. The van der Waals surface area contributed by atoms with Crippen molar-refractivity contribution in [2.75, 3.05) is 6.61 Å². The van der Waals surface area contributed by atoms with Gasteiger partial charge in [-0.3, -0.25) is 0 Å². The van der Waals surface area contributed by atoms with Gasteiger partial charge in [-0.1, -0.05) is 31.9 Å². The van der Waals surface area contributed by atoms with E-state index in [2.05, 4.69) is 33.8 Å². The van der Waals surface area contributed by atoms with Gasteiger partial charge < -0.3 is 4.74 Å². The molecule has 1 saturated carbocycles. The highest BCUT2D eigenvalue weighted by Gasteiger charge is 2.46. The lowest BCUT2D eigenvalue weighted by molar-refractivity contribution is -0.138. The Morgan fingerprint density at radius 3 is 2.72 bits per heavy atom. The summed E-state index contributed by atoms with van der Waals surface area (Å²) in [4.78, 5) is 0. The fourth-order valence-electron chi connectivity index (χ4n) is 4.15. The molecule has 18 heavy (non-hydrogen) atoms. The Labute approximate surface area is 113 Å². The predicted octanol–water partition coefficient (Wildman–Crippen LogP) is 5.11. The monoisotopic (exact) mass is 250 g/mol. The molecule has 0 amide bonds. The molecule has 1 aliphatic heterocycles. The van der Waals surface area contributed by atoms with E-state index < -0.39 is 0 Å². The summed E-state index contributed by atoms with van der Waals surface area (Å²) in [6, 6.07) is 0. The van der Waals surface area contributed by atoms with E-state index in [9.17, 15) is 0 Å². The first-order chi connectivity index (χ1) is 8.44. The molecule has 1 unspecified atom stereocenters. The van der Waals surface area contributed by atoms with Crippen molar-refractivity contribution in [3.63, 3.8) is 0 Å². The van der Waals surface area contributed by atoms with E-state index in [1.165, 1.54) is 44.9 Å². The smallest absolute Gasteiger partial charge is 0.0687 e. The maximum absolute atomic E-state index is 6.35. The van der Waals surface area contributed by atoms with Crippen LogP contribution in [0.15, 0.2) is 11.6 Å². The van der Waals surface area contributed by atoms with Crippen LogP contribution < -0.4 is 0 Å². The van der Waals surface area contributed by atoms with Gasteiger partial charge in [-0.2, -0.15) is 0 Å². The van der Waals surface area contributed by atoms with E-state index in [4.69, 9.17) is 4.74 Å². The van der Waals surface area contributed by atoms with Gasteiger partial charge in [-0.05, 0) is 63.7 Å². The van der Waals surface area contributed by atoms with Crippen molar-refractivity contribution in [3.8, 4) is 0 Å². The number of ether oxygens (including phenoxy) is 1. The lowest BCUT2D eigenvalue weighted by atomic mass is 9.60. The molecule has 2 rings (SSSR count). The van der Waals surface area contributed by atoms with Crippen molar-refractivity contribution in [2.45, 2.75) is 78.2 Å². The molecule has 1 heterocycles. The number of allylic oxidation sites excluding steroid dienone is 2. The van der Waals surface area contributed by atoms with Crippen LogP contribution in [0.25, 0.3) is 0 Å². The van der Waals surface area contributed by atoms with Gasteiger partial charge in [0.15, 0.2) is 0 Å². The molecule has 0 N–H and O–H groups in total. The summed E-state index contributed by atoms with van der Waals surface area (Å²) in [5, 5.41) is 0. The summed E-state index contributed by atoms with van der Waals surface area (Å²) >= 11 is 0. The third kappa shape index (κ3) is 2.99. The van der Waals surface area contributed by atoms with Crippen LogP contribution in [0.1, 0.15) is 72.6 Å². The molecule has 2 aliphatic rings. The van der Waals surface area contributed by atoms with Gasteiger partial charge in [0.05, 0.1) is 5.60 Å². The Morgan fingerprint density at radius 1 is 1.17 bits per heavy atom. The molecule has 1 fully saturated rings. The summed E-state index contributed by atoms with van der Waals surface area (Å²) in [5.41, 5.74) is 2.15. The number of hydrogen-bond donors (Lipinski definition) is 0. The molecule has 0 saturated heterocycles. The summed E-state index contributed by atoms with van der Waals surface area (Å²) in [5.74, 6) is 0.709. The van der Waals surface area contributed by atoms with Gasteiger partial charge in [0, 0.05) is 6.61 Å². The first kappa shape index (κ1) is 14.1. The van der Waals surface area contributed by atoms with Crippen molar-refractivity contribution in [1.29, 1.82) is 0 Å². The molecule has 1 aliphatic carbocycles. The van der Waals surface area contributed by atoms with Crippen LogP contribution >= 0.6 is 0 Å². The molecule has 0 bridgehead atoms. The molecule has 104 valence electrons. The minimum atomic E-state index is 0.124. The highest BCUT2D eigenvalue weighted by molar-refractivity contribution is 5.03. The summed E-state index contributed by atoms with van der Waals surface area (Å²) in [6.45, 7) is 10.5. The largest absolute Gasteiger partial charge is 0.375 e. The Bertz CT molecular complexity index is 316. The number of hydrogen-bond acceptors (Lipinski definition) is 1. The lowest BCUT2D eigenvalue weighted by Crippen LogP contribution is -2.49. The Hall–Kier alpha value is -0.300. The standard InChI is InChI=1S/C17H30O/c1-14-8-5-6-13-18-17(4)12-7-11-16(2,3)15(17)10-9-14/h8,15H,5-7,9-13H2,1-4H3/b14-8-/t15?,17-/m0/s1. The molecule has 0 aromatic rings. The quantitative estimate of drug-likeness (QED) is 0.543. The third-order valence-corrected chi connectivity index (χ3v) is 5.28. The highest BCUT2D eigenvalue weighted by Crippen LogP contribution is 2.50. The number of rotatable bonds is 0. The van der Waals surface area contributed by atoms with E-state index in [0.29, 0.717) is 11.3 Å². The first-order valence-electron chi connectivity index (χ1n) is 7.74. The Balaban J connectivity index is 2.20. The lowest BCUT2D eigenvalue weighted by Gasteiger charge is -2.51. The zero-order valence-corrected chi connectivity index (χ0v) is 12.7. The van der Waals surface area contributed by atoms with Crippen LogP contribution in [0.5, 0.6) is 0 Å². The minimum absolute atomic E-state index is 0.124. The topological polar surface area (TPSA) is 9.23 Å². The van der Waals surface area contributed by atoms with Gasteiger partial charge in [0.25, 0.3) is 0 Å². The second-order valence-corrected chi connectivity index (χ2v) is 7.29. The van der Waals surface area contributed by atoms with Crippen LogP contribution in [-0.2, 0) is 4.74 Å². The van der Waals surface area contributed by atoms with Crippen LogP contribution in [-0.4, -0.2) is 12.2 Å². The SMILES string of the molecule is C/C1=C/CCCO[C@@]2(C)CCCC(C)(C)C2CC1. The van der Waals surface area contributed by atoms with Crippen LogP contribution in [0.4, 0.5) is 0 Å². The van der Waals surface area contributed by atoms with Gasteiger partial charge in [0.2, 0.25) is 0 Å². The first-order valence-corrected chi connectivity index (χ1v) is 7.74. The van der Waals surface area contributed by atoms with E-state index in [0.717, 1.165) is 6.61 Å². The van der Waals surface area contributed by atoms with Gasteiger partial charge in [-0.25, -0.2) is 0 Å². The van der Waals surface area contributed by atoms with Crippen molar-refractivity contribution < 1.29 is 4.74 Å². The third-order valence-electron chi connectivity index (χ3n) is 5.28. The van der Waals surface area contributed by atoms with E-state index in [-0.39, 0.29) is 5.60 Å². The second kappa shape index (κ2) is 5.36. The van der Waals surface area contributed by atoms with Crippen molar-refractivity contribution in [1.82, 2.24) is 0 Å². The van der Waals surface area contributed by atoms with Crippen molar-refractivity contribution >= 4 is 0 Å². The van der Waals surface area contributed by atoms with E-state index in [1.807, 2.05) is 0 Å². The Morgan fingerprint density at radius 2 is 1.94 bits per heavy atom. The fraction of sp³-hybridized carbons (Fsp3) is 0.882. The average Bonchev–Trinajstić information content (AvgIpc) is 2.26. The van der Waals surface area contributed by atoms with Crippen molar-refractivity contribution in [2.24, 2.45) is 11.3 Å². The fourth-order valence-corrected chi connectivity index (χ4v) is 4.15. The van der Waals surface area contributed by atoms with Crippen LogP contribution in [0, 0.1) is 11.3 Å². The maximum atomic E-state index is 6.35.